The van der Waals surface area contributed by atoms with Crippen LogP contribution in [0.15, 0.2) is 53.7 Å². The highest BCUT2D eigenvalue weighted by molar-refractivity contribution is 7.99. The molecule has 2 heterocycles. The number of halogens is 1. The molecule has 32 heavy (non-hydrogen) atoms. The number of rotatable bonds is 6. The van der Waals surface area contributed by atoms with Crippen LogP contribution in [-0.4, -0.2) is 43.8 Å². The highest BCUT2D eigenvalue weighted by Gasteiger charge is 2.23. The molecular formula is C23H24FN5O2S. The Hall–Kier alpha value is -3.20. The van der Waals surface area contributed by atoms with Crippen molar-refractivity contribution in [3.8, 4) is 0 Å². The zero-order chi connectivity index (χ0) is 22.7. The van der Waals surface area contributed by atoms with Gasteiger partial charge in [0.05, 0.1) is 17.4 Å². The van der Waals surface area contributed by atoms with Crippen LogP contribution >= 0.6 is 11.8 Å². The van der Waals surface area contributed by atoms with E-state index in [-0.39, 0.29) is 17.2 Å². The first-order valence-electron chi connectivity index (χ1n) is 10.4. The molecule has 1 N–H and O–H groups in total. The van der Waals surface area contributed by atoms with Crippen molar-refractivity contribution < 1.29 is 14.0 Å². The van der Waals surface area contributed by atoms with Crippen LogP contribution in [0.3, 0.4) is 0 Å². The van der Waals surface area contributed by atoms with Crippen molar-refractivity contribution in [2.45, 2.75) is 31.1 Å². The molecule has 166 valence electrons. The van der Waals surface area contributed by atoms with Crippen molar-refractivity contribution in [1.82, 2.24) is 25.0 Å². The van der Waals surface area contributed by atoms with Gasteiger partial charge in [0.15, 0.2) is 11.0 Å². The van der Waals surface area contributed by atoms with Gasteiger partial charge < -0.3 is 14.8 Å². The van der Waals surface area contributed by atoms with Crippen molar-refractivity contribution in [3.63, 3.8) is 0 Å². The maximum Gasteiger partial charge on any atom is 0.254 e. The second-order valence-corrected chi connectivity index (χ2v) is 8.64. The Kier molecular flexibility index (Phi) is 6.55. The van der Waals surface area contributed by atoms with Gasteiger partial charge in [-0.05, 0) is 36.6 Å². The molecule has 0 saturated heterocycles. The minimum Gasteiger partial charge on any atom is -0.342 e. The molecule has 2 amide bonds. The van der Waals surface area contributed by atoms with Crippen LogP contribution in [0.5, 0.6) is 0 Å². The average Bonchev–Trinajstić information content (AvgIpc) is 3.17. The van der Waals surface area contributed by atoms with Crippen LogP contribution in [0, 0.1) is 5.82 Å². The van der Waals surface area contributed by atoms with Crippen LogP contribution in [0.4, 0.5) is 4.39 Å². The highest BCUT2D eigenvalue weighted by atomic mass is 32.2. The maximum atomic E-state index is 13.9. The molecule has 4 rings (SSSR count). The molecule has 7 nitrogen and oxygen atoms in total. The van der Waals surface area contributed by atoms with E-state index in [1.165, 1.54) is 41.1 Å². The lowest BCUT2D eigenvalue weighted by atomic mass is 10.00. The van der Waals surface area contributed by atoms with Crippen molar-refractivity contribution >= 4 is 23.6 Å². The third-order valence-electron chi connectivity index (χ3n) is 5.53. The first kappa shape index (κ1) is 22.0. The van der Waals surface area contributed by atoms with E-state index >= 15 is 0 Å². The van der Waals surface area contributed by atoms with E-state index < -0.39 is 17.8 Å². The summed E-state index contributed by atoms with van der Waals surface area (Å²) in [7, 11) is 1.78. The number of nitrogens with one attached hydrogen (secondary N) is 1. The van der Waals surface area contributed by atoms with Crippen LogP contribution in [0.1, 0.15) is 40.3 Å². The van der Waals surface area contributed by atoms with Gasteiger partial charge in [-0.1, -0.05) is 48.2 Å². The van der Waals surface area contributed by atoms with Gasteiger partial charge in [-0.2, -0.15) is 0 Å². The summed E-state index contributed by atoms with van der Waals surface area (Å²) in [6.07, 6.45) is 0.861. The standard InChI is InChI=1S/C23H24FN5O2S/c1-15(25-22(31)18-9-5-6-10-19(18)24)21-26-27-23(28(21)2)32-14-20(30)29-12-11-16-7-3-4-8-17(16)13-29/h3-10,15H,11-14H2,1-2H3,(H,25,31). The minimum atomic E-state index is -0.578. The fraction of sp³-hybridized carbons (Fsp3) is 0.304. The molecule has 0 fully saturated rings. The molecule has 0 saturated carbocycles. The number of amides is 2. The molecule has 0 radical (unpaired) electrons. The third-order valence-corrected chi connectivity index (χ3v) is 6.54. The van der Waals surface area contributed by atoms with E-state index in [1.54, 1.807) is 24.6 Å². The second-order valence-electron chi connectivity index (χ2n) is 7.70. The Morgan fingerprint density at radius 2 is 1.84 bits per heavy atom. The fourth-order valence-electron chi connectivity index (χ4n) is 3.74. The molecule has 0 bridgehead atoms. The number of carbonyl (C=O) groups excluding carboxylic acids is 2. The van der Waals surface area contributed by atoms with E-state index in [0.29, 0.717) is 24.1 Å². The lowest BCUT2D eigenvalue weighted by Gasteiger charge is -2.28. The summed E-state index contributed by atoms with van der Waals surface area (Å²) in [6.45, 7) is 3.09. The van der Waals surface area contributed by atoms with E-state index in [1.807, 2.05) is 17.0 Å². The minimum absolute atomic E-state index is 0.0233. The fourth-order valence-corrected chi connectivity index (χ4v) is 4.56. The number of benzene rings is 2. The summed E-state index contributed by atoms with van der Waals surface area (Å²) >= 11 is 1.31. The predicted molar refractivity (Wildman–Crippen MR) is 120 cm³/mol. The molecule has 0 aliphatic carbocycles. The number of hydrogen-bond donors (Lipinski definition) is 1. The van der Waals surface area contributed by atoms with Crippen LogP contribution < -0.4 is 5.32 Å². The van der Waals surface area contributed by atoms with Gasteiger partial charge >= 0.3 is 0 Å². The second kappa shape index (κ2) is 9.52. The van der Waals surface area contributed by atoms with Crippen molar-refractivity contribution in [3.05, 3.63) is 76.9 Å². The number of aromatic nitrogens is 3. The van der Waals surface area contributed by atoms with E-state index in [2.05, 4.69) is 27.6 Å². The molecule has 9 heteroatoms. The molecular weight excluding hydrogens is 429 g/mol. The first-order chi connectivity index (χ1) is 15.4. The lowest BCUT2D eigenvalue weighted by Crippen LogP contribution is -2.37. The topological polar surface area (TPSA) is 80.1 Å². The average molecular weight is 454 g/mol. The zero-order valence-corrected chi connectivity index (χ0v) is 18.7. The van der Waals surface area contributed by atoms with E-state index in [4.69, 9.17) is 0 Å². The van der Waals surface area contributed by atoms with Crippen molar-refractivity contribution in [1.29, 1.82) is 0 Å². The zero-order valence-electron chi connectivity index (χ0n) is 17.9. The van der Waals surface area contributed by atoms with Crippen molar-refractivity contribution in [2.24, 2.45) is 7.05 Å². The van der Waals surface area contributed by atoms with Gasteiger partial charge in [-0.15, -0.1) is 10.2 Å². The summed E-state index contributed by atoms with van der Waals surface area (Å²) in [6, 6.07) is 13.5. The monoisotopic (exact) mass is 453 g/mol. The molecule has 1 atom stereocenters. The Balaban J connectivity index is 1.35. The Morgan fingerprint density at radius 1 is 1.12 bits per heavy atom. The molecule has 2 aromatic carbocycles. The largest absolute Gasteiger partial charge is 0.342 e. The number of thioether (sulfide) groups is 1. The van der Waals surface area contributed by atoms with Crippen LogP contribution in [-0.2, 0) is 24.8 Å². The van der Waals surface area contributed by atoms with Gasteiger partial charge in [0.1, 0.15) is 5.82 Å². The Morgan fingerprint density at radius 3 is 2.62 bits per heavy atom. The number of carbonyl (C=O) groups is 2. The Bertz CT molecular complexity index is 1150. The number of nitrogens with zero attached hydrogens (tertiary/aromatic N) is 4. The highest BCUT2D eigenvalue weighted by Crippen LogP contribution is 2.23. The van der Waals surface area contributed by atoms with Gasteiger partial charge in [0.2, 0.25) is 5.91 Å². The summed E-state index contributed by atoms with van der Waals surface area (Å²) in [5.74, 6) is -0.269. The molecule has 1 aromatic heterocycles. The van der Waals surface area contributed by atoms with E-state index in [0.717, 1.165) is 6.42 Å². The van der Waals surface area contributed by atoms with Gasteiger partial charge in [0, 0.05) is 20.1 Å². The quantitative estimate of drug-likeness (QED) is 0.580. The Labute approximate surface area is 190 Å². The SMILES string of the molecule is CC(NC(=O)c1ccccc1F)c1nnc(SCC(=O)N2CCc3ccccc3C2)n1C. The predicted octanol–water partition coefficient (Wildman–Crippen LogP) is 3.12. The molecule has 1 aliphatic rings. The third kappa shape index (κ3) is 4.67. The molecule has 1 aliphatic heterocycles. The summed E-state index contributed by atoms with van der Waals surface area (Å²) < 4.78 is 15.6. The summed E-state index contributed by atoms with van der Waals surface area (Å²) in [4.78, 5) is 27.0. The number of hydrogen-bond acceptors (Lipinski definition) is 5. The van der Waals surface area contributed by atoms with Crippen LogP contribution in [0.25, 0.3) is 0 Å². The van der Waals surface area contributed by atoms with Gasteiger partial charge in [-0.25, -0.2) is 4.39 Å². The van der Waals surface area contributed by atoms with Crippen LogP contribution in [0.2, 0.25) is 0 Å². The normalized spacial score (nSPS) is 14.0. The number of fused-ring (bicyclic) bond motifs is 1. The summed E-state index contributed by atoms with van der Waals surface area (Å²) in [5.41, 5.74) is 2.47. The summed E-state index contributed by atoms with van der Waals surface area (Å²) in [5, 5.41) is 11.7. The van der Waals surface area contributed by atoms with Crippen molar-refractivity contribution in [2.75, 3.05) is 12.3 Å². The van der Waals surface area contributed by atoms with Gasteiger partial charge in [-0.3, -0.25) is 9.59 Å². The maximum absolute atomic E-state index is 13.9. The molecule has 3 aromatic rings. The van der Waals surface area contributed by atoms with E-state index in [9.17, 15) is 14.0 Å². The lowest BCUT2D eigenvalue weighted by molar-refractivity contribution is -0.129. The van der Waals surface area contributed by atoms with Gasteiger partial charge in [0.25, 0.3) is 5.91 Å². The molecule has 1 unspecified atom stereocenters. The molecule has 0 spiro atoms. The smallest absolute Gasteiger partial charge is 0.254 e. The first-order valence-corrected chi connectivity index (χ1v) is 11.3.